The molecule has 0 radical (unpaired) electrons. The number of halogens is 2. The molecule has 0 atom stereocenters. The predicted molar refractivity (Wildman–Crippen MR) is 116 cm³/mol. The lowest BCUT2D eigenvalue weighted by molar-refractivity contribution is 0.102. The maximum atomic E-state index is 13.2. The minimum Gasteiger partial charge on any atom is -0.322 e. The fourth-order valence-corrected chi connectivity index (χ4v) is 4.49. The molecule has 0 spiro atoms. The number of hydrogen-bond donors (Lipinski definition) is 1. The molecule has 8 heteroatoms. The van der Waals surface area contributed by atoms with Gasteiger partial charge < -0.3 is 5.32 Å². The van der Waals surface area contributed by atoms with E-state index in [-0.39, 0.29) is 22.4 Å². The highest BCUT2D eigenvalue weighted by Crippen LogP contribution is 2.21. The van der Waals surface area contributed by atoms with Crippen LogP contribution in [0.2, 0.25) is 5.02 Å². The predicted octanol–water partition coefficient (Wildman–Crippen LogP) is 4.94. The molecule has 3 rings (SSSR count). The van der Waals surface area contributed by atoms with Crippen LogP contribution in [0.25, 0.3) is 0 Å². The minimum atomic E-state index is -3.61. The summed E-state index contributed by atoms with van der Waals surface area (Å²) in [5.74, 6) is -0.946. The quantitative estimate of drug-likeness (QED) is 0.558. The van der Waals surface area contributed by atoms with Gasteiger partial charge in [0.2, 0.25) is 10.0 Å². The van der Waals surface area contributed by atoms with Crippen molar-refractivity contribution < 1.29 is 17.6 Å². The van der Waals surface area contributed by atoms with Crippen molar-refractivity contribution in [3.8, 4) is 0 Å². The van der Waals surface area contributed by atoms with Gasteiger partial charge in [0.15, 0.2) is 0 Å². The Bertz CT molecular complexity index is 1140. The number of nitrogens with zero attached hydrogens (tertiary/aromatic N) is 1. The summed E-state index contributed by atoms with van der Waals surface area (Å²) in [7, 11) is -3.61. The van der Waals surface area contributed by atoms with Gasteiger partial charge in [0.25, 0.3) is 5.91 Å². The third-order valence-electron chi connectivity index (χ3n) is 4.49. The first-order valence-electron chi connectivity index (χ1n) is 9.22. The number of carbonyl (C=O) groups is 1. The number of nitrogens with one attached hydrogen (secondary N) is 1. The van der Waals surface area contributed by atoms with Crippen LogP contribution in [0.15, 0.2) is 77.7 Å². The largest absolute Gasteiger partial charge is 0.322 e. The normalized spacial score (nSPS) is 11.5. The molecule has 0 saturated carbocycles. The molecule has 3 aromatic carbocycles. The molecule has 0 heterocycles. The first-order chi connectivity index (χ1) is 14.3. The highest BCUT2D eigenvalue weighted by Gasteiger charge is 2.23. The van der Waals surface area contributed by atoms with E-state index in [2.05, 4.69) is 5.32 Å². The molecule has 0 aliphatic rings. The SMILES string of the molecule is CCN(Cc1ccc(C(=O)Nc2ccc(F)c(Cl)c2)cc1)S(=O)(=O)c1ccccc1. The molecule has 0 aliphatic carbocycles. The van der Waals surface area contributed by atoms with Gasteiger partial charge in [0.05, 0.1) is 9.92 Å². The van der Waals surface area contributed by atoms with Crippen LogP contribution in [-0.2, 0) is 16.6 Å². The first kappa shape index (κ1) is 22.0. The fraction of sp³-hybridized carbons (Fsp3) is 0.136. The number of rotatable bonds is 7. The second kappa shape index (κ2) is 9.38. The molecule has 0 bridgehead atoms. The van der Waals surface area contributed by atoms with Gasteiger partial charge in [-0.1, -0.05) is 48.9 Å². The van der Waals surface area contributed by atoms with Gasteiger partial charge >= 0.3 is 0 Å². The van der Waals surface area contributed by atoms with Gasteiger partial charge in [-0.25, -0.2) is 12.8 Å². The van der Waals surface area contributed by atoms with Crippen LogP contribution in [0, 0.1) is 5.82 Å². The number of amides is 1. The zero-order valence-corrected chi connectivity index (χ0v) is 17.8. The van der Waals surface area contributed by atoms with Crippen molar-refractivity contribution in [3.05, 3.63) is 94.8 Å². The van der Waals surface area contributed by atoms with E-state index in [0.717, 1.165) is 5.56 Å². The van der Waals surface area contributed by atoms with E-state index in [1.165, 1.54) is 22.5 Å². The summed E-state index contributed by atoms with van der Waals surface area (Å²) in [4.78, 5) is 12.6. The second-order valence-corrected chi connectivity index (χ2v) is 8.87. The zero-order chi connectivity index (χ0) is 21.7. The Hall–Kier alpha value is -2.74. The molecule has 156 valence electrons. The Labute approximate surface area is 180 Å². The number of hydrogen-bond acceptors (Lipinski definition) is 3. The summed E-state index contributed by atoms with van der Waals surface area (Å²) in [6.07, 6.45) is 0. The maximum Gasteiger partial charge on any atom is 0.255 e. The van der Waals surface area contributed by atoms with E-state index in [4.69, 9.17) is 11.6 Å². The summed E-state index contributed by atoms with van der Waals surface area (Å²) < 4.78 is 40.3. The number of anilines is 1. The van der Waals surface area contributed by atoms with E-state index >= 15 is 0 Å². The molecule has 3 aromatic rings. The Morgan fingerprint density at radius 3 is 2.30 bits per heavy atom. The van der Waals surface area contributed by atoms with Gasteiger partial charge in [-0.2, -0.15) is 4.31 Å². The monoisotopic (exact) mass is 446 g/mol. The van der Waals surface area contributed by atoms with Crippen LogP contribution in [-0.4, -0.2) is 25.2 Å². The smallest absolute Gasteiger partial charge is 0.255 e. The van der Waals surface area contributed by atoms with E-state index < -0.39 is 15.8 Å². The molecule has 5 nitrogen and oxygen atoms in total. The molecule has 0 unspecified atom stereocenters. The molecular weight excluding hydrogens is 427 g/mol. The van der Waals surface area contributed by atoms with Crippen LogP contribution in [0.1, 0.15) is 22.8 Å². The molecular formula is C22H20ClFN2O3S. The fourth-order valence-electron chi connectivity index (χ4n) is 2.85. The molecule has 1 N–H and O–H groups in total. The van der Waals surface area contributed by atoms with Gasteiger partial charge in [-0.15, -0.1) is 0 Å². The first-order valence-corrected chi connectivity index (χ1v) is 11.0. The average molecular weight is 447 g/mol. The van der Waals surface area contributed by atoms with Crippen molar-refractivity contribution in [1.82, 2.24) is 4.31 Å². The highest BCUT2D eigenvalue weighted by atomic mass is 35.5. The summed E-state index contributed by atoms with van der Waals surface area (Å²) in [5.41, 5.74) is 1.51. The van der Waals surface area contributed by atoms with Gasteiger partial charge in [0, 0.05) is 24.3 Å². The summed E-state index contributed by atoms with van der Waals surface area (Å²) in [6, 6.07) is 18.8. The van der Waals surface area contributed by atoms with Crippen molar-refractivity contribution in [2.45, 2.75) is 18.4 Å². The topological polar surface area (TPSA) is 66.5 Å². The van der Waals surface area contributed by atoms with Crippen molar-refractivity contribution in [1.29, 1.82) is 0 Å². The van der Waals surface area contributed by atoms with Crippen LogP contribution >= 0.6 is 11.6 Å². The summed E-state index contributed by atoms with van der Waals surface area (Å²) in [6.45, 7) is 2.27. The van der Waals surface area contributed by atoms with E-state index in [0.29, 0.717) is 17.8 Å². The van der Waals surface area contributed by atoms with Crippen LogP contribution < -0.4 is 5.32 Å². The van der Waals surface area contributed by atoms with Gasteiger partial charge in [0.1, 0.15) is 5.82 Å². The molecule has 0 aromatic heterocycles. The molecule has 0 saturated heterocycles. The standard InChI is InChI=1S/C22H20ClFN2O3S/c1-2-26(30(28,29)19-6-4-3-5-7-19)15-16-8-10-17(11-9-16)22(27)25-18-12-13-21(24)20(23)14-18/h3-14H,2,15H2,1H3,(H,25,27). The zero-order valence-electron chi connectivity index (χ0n) is 16.2. The van der Waals surface area contributed by atoms with Crippen LogP contribution in [0.5, 0.6) is 0 Å². The van der Waals surface area contributed by atoms with Crippen LogP contribution in [0.4, 0.5) is 10.1 Å². The van der Waals surface area contributed by atoms with Crippen molar-refractivity contribution in [3.63, 3.8) is 0 Å². The lowest BCUT2D eigenvalue weighted by Gasteiger charge is -2.20. The number of sulfonamides is 1. The number of carbonyl (C=O) groups excluding carboxylic acids is 1. The molecule has 0 aliphatic heterocycles. The third-order valence-corrected chi connectivity index (χ3v) is 6.71. The summed E-state index contributed by atoms with van der Waals surface area (Å²) in [5, 5.41) is 2.57. The second-order valence-electron chi connectivity index (χ2n) is 6.52. The molecule has 1 amide bonds. The highest BCUT2D eigenvalue weighted by molar-refractivity contribution is 7.89. The van der Waals surface area contributed by atoms with Crippen molar-refractivity contribution in [2.75, 3.05) is 11.9 Å². The molecule has 0 fully saturated rings. The van der Waals surface area contributed by atoms with E-state index in [1.807, 2.05) is 0 Å². The number of benzene rings is 3. The van der Waals surface area contributed by atoms with Gasteiger partial charge in [-0.05, 0) is 48.0 Å². The van der Waals surface area contributed by atoms with Crippen LogP contribution in [0.3, 0.4) is 0 Å². The van der Waals surface area contributed by atoms with Gasteiger partial charge in [-0.3, -0.25) is 4.79 Å². The van der Waals surface area contributed by atoms with E-state index in [9.17, 15) is 17.6 Å². The lowest BCUT2D eigenvalue weighted by Crippen LogP contribution is -2.30. The van der Waals surface area contributed by atoms with E-state index in [1.54, 1.807) is 61.5 Å². The molecule has 30 heavy (non-hydrogen) atoms. The lowest BCUT2D eigenvalue weighted by atomic mass is 10.1. The Morgan fingerprint density at radius 1 is 1.03 bits per heavy atom. The Kier molecular flexibility index (Phi) is 6.87. The van der Waals surface area contributed by atoms with Crippen molar-refractivity contribution >= 4 is 33.2 Å². The average Bonchev–Trinajstić information content (AvgIpc) is 2.75. The summed E-state index contributed by atoms with van der Waals surface area (Å²) >= 11 is 5.73. The van der Waals surface area contributed by atoms with Crippen molar-refractivity contribution in [2.24, 2.45) is 0 Å². The third kappa shape index (κ3) is 5.05. The minimum absolute atomic E-state index is 0.0811. The Balaban J connectivity index is 1.71. The maximum absolute atomic E-state index is 13.2. The Morgan fingerprint density at radius 2 is 1.70 bits per heavy atom.